The summed E-state index contributed by atoms with van der Waals surface area (Å²) in [5.41, 5.74) is 1.87. The van der Waals surface area contributed by atoms with Gasteiger partial charge in [-0.15, -0.1) is 0 Å². The summed E-state index contributed by atoms with van der Waals surface area (Å²) in [6.45, 7) is 7.99. The molecule has 4 nitrogen and oxygen atoms in total. The first-order valence-corrected chi connectivity index (χ1v) is 11.8. The van der Waals surface area contributed by atoms with Gasteiger partial charge in [0.15, 0.2) is 12.1 Å². The molecule has 2 aromatic rings. The van der Waals surface area contributed by atoms with Crippen LogP contribution in [0.1, 0.15) is 10.6 Å². The Kier molecular flexibility index (Phi) is 5.72. The average Bonchev–Trinajstić information content (AvgIpc) is 2.79. The molecule has 0 saturated carbocycles. The summed E-state index contributed by atoms with van der Waals surface area (Å²) in [6.07, 6.45) is 0.763. The molecular formula is C16H21BrN2O2Si. The van der Waals surface area contributed by atoms with Gasteiger partial charge >= 0.3 is 0 Å². The molecule has 0 atom stereocenters. The molecule has 0 amide bonds. The van der Waals surface area contributed by atoms with E-state index in [1.54, 1.807) is 0 Å². The molecule has 0 fully saturated rings. The number of aromatic nitrogens is 2. The normalized spacial score (nSPS) is 11.6. The molecule has 0 radical (unpaired) electrons. The van der Waals surface area contributed by atoms with E-state index in [4.69, 9.17) is 4.74 Å². The number of halogens is 1. The number of carbonyl (C=O) groups is 1. The van der Waals surface area contributed by atoms with Crippen molar-refractivity contribution < 1.29 is 9.53 Å². The molecule has 0 aliphatic carbocycles. The van der Waals surface area contributed by atoms with Crippen LogP contribution in [0.4, 0.5) is 0 Å². The summed E-state index contributed by atoms with van der Waals surface area (Å²) in [5.74, 6) is 0.374. The third-order valence-corrected chi connectivity index (χ3v) is 5.58. The number of carbonyl (C=O) groups excluding carboxylic acids is 1. The molecule has 0 N–H and O–H groups in total. The van der Waals surface area contributed by atoms with E-state index in [2.05, 4.69) is 40.6 Å². The molecule has 0 aliphatic rings. The number of rotatable bonds is 7. The number of hydrogen-bond donors (Lipinski definition) is 0. The summed E-state index contributed by atoms with van der Waals surface area (Å²) in [4.78, 5) is 15.5. The lowest BCUT2D eigenvalue weighted by Gasteiger charge is -2.16. The molecule has 0 bridgehead atoms. The zero-order valence-electron chi connectivity index (χ0n) is 13.2. The molecule has 1 aromatic heterocycles. The highest BCUT2D eigenvalue weighted by Gasteiger charge is 2.17. The lowest BCUT2D eigenvalue weighted by molar-refractivity contribution is 0.0841. The third kappa shape index (κ3) is 4.38. The van der Waals surface area contributed by atoms with E-state index < -0.39 is 8.07 Å². The molecule has 1 heterocycles. The largest absolute Gasteiger partial charge is 0.361 e. The standard InChI is InChI=1S/C16H21BrN2O2Si/c1-22(2,3)10-9-21-12-19-14(11-20)18-16(17)15(19)13-7-5-4-6-8-13/h4-8,11H,9-10,12H2,1-3H3. The maximum absolute atomic E-state index is 11.3. The summed E-state index contributed by atoms with van der Waals surface area (Å²) >= 11 is 3.45. The van der Waals surface area contributed by atoms with Crippen molar-refractivity contribution in [3.63, 3.8) is 0 Å². The maximum atomic E-state index is 11.3. The second-order valence-corrected chi connectivity index (χ2v) is 12.7. The maximum Gasteiger partial charge on any atom is 0.185 e. The molecule has 0 saturated heterocycles. The zero-order chi connectivity index (χ0) is 16.2. The Bertz CT molecular complexity index is 636. The van der Waals surface area contributed by atoms with Crippen LogP contribution in [0.5, 0.6) is 0 Å². The molecular weight excluding hydrogens is 360 g/mol. The molecule has 0 spiro atoms. The Morgan fingerprint density at radius 3 is 2.55 bits per heavy atom. The van der Waals surface area contributed by atoms with Gasteiger partial charge in [0.05, 0.1) is 5.69 Å². The molecule has 1 aromatic carbocycles. The summed E-state index contributed by atoms with van der Waals surface area (Å²) < 4.78 is 8.27. The Balaban J connectivity index is 2.20. The second kappa shape index (κ2) is 7.35. The molecule has 6 heteroatoms. The van der Waals surface area contributed by atoms with E-state index in [1.807, 2.05) is 34.9 Å². The van der Waals surface area contributed by atoms with Crippen LogP contribution in [0.25, 0.3) is 11.3 Å². The van der Waals surface area contributed by atoms with E-state index in [-0.39, 0.29) is 0 Å². The van der Waals surface area contributed by atoms with E-state index >= 15 is 0 Å². The van der Waals surface area contributed by atoms with E-state index in [0.717, 1.165) is 23.6 Å². The first-order valence-electron chi connectivity index (χ1n) is 7.27. The Labute approximate surface area is 140 Å². The lowest BCUT2D eigenvalue weighted by Crippen LogP contribution is -2.22. The van der Waals surface area contributed by atoms with Gasteiger partial charge in [-0.1, -0.05) is 50.0 Å². The SMILES string of the molecule is C[Si](C)(C)CCOCn1c(C=O)nc(Br)c1-c1ccccc1. The van der Waals surface area contributed by atoms with E-state index in [0.29, 0.717) is 23.8 Å². The van der Waals surface area contributed by atoms with E-state index in [1.165, 1.54) is 0 Å². The van der Waals surface area contributed by atoms with Gasteiger partial charge in [0.2, 0.25) is 0 Å². The van der Waals surface area contributed by atoms with Gasteiger partial charge in [-0.3, -0.25) is 9.36 Å². The van der Waals surface area contributed by atoms with Gasteiger partial charge in [0.25, 0.3) is 0 Å². The van der Waals surface area contributed by atoms with Crippen LogP contribution in [0.2, 0.25) is 25.7 Å². The number of hydrogen-bond acceptors (Lipinski definition) is 3. The fraction of sp³-hybridized carbons (Fsp3) is 0.375. The number of nitrogens with zero attached hydrogens (tertiary/aromatic N) is 2. The molecule has 22 heavy (non-hydrogen) atoms. The molecule has 2 rings (SSSR count). The van der Waals surface area contributed by atoms with Crippen molar-refractivity contribution in [1.82, 2.24) is 9.55 Å². The lowest BCUT2D eigenvalue weighted by atomic mass is 10.2. The fourth-order valence-corrected chi connectivity index (χ4v) is 3.45. The molecule has 0 aliphatic heterocycles. The van der Waals surface area contributed by atoms with Gasteiger partial charge in [-0.25, -0.2) is 4.98 Å². The van der Waals surface area contributed by atoms with Crippen molar-refractivity contribution in [1.29, 1.82) is 0 Å². The van der Waals surface area contributed by atoms with Crippen LogP contribution >= 0.6 is 15.9 Å². The van der Waals surface area contributed by atoms with Crippen molar-refractivity contribution in [2.24, 2.45) is 0 Å². The highest BCUT2D eigenvalue weighted by molar-refractivity contribution is 9.10. The smallest absolute Gasteiger partial charge is 0.185 e. The van der Waals surface area contributed by atoms with Gasteiger partial charge in [0.1, 0.15) is 11.3 Å². The third-order valence-electron chi connectivity index (χ3n) is 3.32. The van der Waals surface area contributed by atoms with Crippen LogP contribution in [0, 0.1) is 0 Å². The summed E-state index contributed by atoms with van der Waals surface area (Å²) in [6, 6.07) is 11.0. The quantitative estimate of drug-likeness (QED) is 0.405. The fourth-order valence-electron chi connectivity index (χ4n) is 2.07. The second-order valence-electron chi connectivity index (χ2n) is 6.37. The topological polar surface area (TPSA) is 44.1 Å². The first kappa shape index (κ1) is 17.1. The van der Waals surface area contributed by atoms with Crippen molar-refractivity contribution in [2.75, 3.05) is 6.61 Å². The highest BCUT2D eigenvalue weighted by atomic mass is 79.9. The van der Waals surface area contributed by atoms with Gasteiger partial charge in [0, 0.05) is 20.2 Å². The van der Waals surface area contributed by atoms with Crippen LogP contribution < -0.4 is 0 Å². The van der Waals surface area contributed by atoms with E-state index in [9.17, 15) is 4.79 Å². The van der Waals surface area contributed by atoms with Gasteiger partial charge < -0.3 is 4.74 Å². The molecule has 118 valence electrons. The number of ether oxygens (including phenoxy) is 1. The Hall–Kier alpha value is -1.24. The average molecular weight is 381 g/mol. The van der Waals surface area contributed by atoms with Crippen LogP contribution in [-0.4, -0.2) is 30.5 Å². The predicted octanol–water partition coefficient (Wildman–Crippen LogP) is 4.44. The van der Waals surface area contributed by atoms with Crippen molar-refractivity contribution in [3.05, 3.63) is 40.8 Å². The van der Waals surface area contributed by atoms with Crippen molar-refractivity contribution >= 4 is 30.3 Å². The Morgan fingerprint density at radius 2 is 1.95 bits per heavy atom. The van der Waals surface area contributed by atoms with Crippen molar-refractivity contribution in [2.45, 2.75) is 32.4 Å². The van der Waals surface area contributed by atoms with Crippen LogP contribution in [-0.2, 0) is 11.5 Å². The minimum atomic E-state index is -1.12. The molecule has 0 unspecified atom stereocenters. The van der Waals surface area contributed by atoms with Crippen LogP contribution in [0.3, 0.4) is 0 Å². The minimum Gasteiger partial charge on any atom is -0.361 e. The van der Waals surface area contributed by atoms with Crippen molar-refractivity contribution in [3.8, 4) is 11.3 Å². The first-order chi connectivity index (χ1) is 10.4. The monoisotopic (exact) mass is 380 g/mol. The summed E-state index contributed by atoms with van der Waals surface area (Å²) in [5, 5.41) is 0. The minimum absolute atomic E-state index is 0.335. The van der Waals surface area contributed by atoms with Gasteiger partial charge in [-0.05, 0) is 22.0 Å². The summed E-state index contributed by atoms with van der Waals surface area (Å²) in [7, 11) is -1.12. The number of aldehydes is 1. The zero-order valence-corrected chi connectivity index (χ0v) is 15.8. The Morgan fingerprint density at radius 1 is 1.27 bits per heavy atom. The number of imidazole rings is 1. The van der Waals surface area contributed by atoms with Gasteiger partial charge in [-0.2, -0.15) is 0 Å². The predicted molar refractivity (Wildman–Crippen MR) is 94.9 cm³/mol. The number of benzene rings is 1. The highest BCUT2D eigenvalue weighted by Crippen LogP contribution is 2.28. The van der Waals surface area contributed by atoms with Crippen LogP contribution in [0.15, 0.2) is 34.9 Å².